The summed E-state index contributed by atoms with van der Waals surface area (Å²) in [7, 11) is 0. The van der Waals surface area contributed by atoms with Crippen molar-refractivity contribution in [1.29, 1.82) is 0 Å². The second kappa shape index (κ2) is 2.90. The second-order valence-electron chi connectivity index (χ2n) is 3.46. The van der Waals surface area contributed by atoms with Crippen LogP contribution in [-0.2, 0) is 4.79 Å². The summed E-state index contributed by atoms with van der Waals surface area (Å²) < 4.78 is 0. The maximum Gasteiger partial charge on any atom is 0.248 e. The van der Waals surface area contributed by atoms with Gasteiger partial charge in [0.2, 0.25) is 5.91 Å². The largest absolute Gasteiger partial charge is 0.370 e. The highest BCUT2D eigenvalue weighted by molar-refractivity contribution is 5.90. The fourth-order valence-electron chi connectivity index (χ4n) is 2.06. The molecule has 2 aliphatic rings. The van der Waals surface area contributed by atoms with E-state index < -0.39 is 6.23 Å². The Hall–Kier alpha value is -0.830. The number of aliphatic hydroxyl groups excluding tert-OH is 1. The highest BCUT2D eigenvalue weighted by Gasteiger charge is 2.32. The van der Waals surface area contributed by atoms with Crippen LogP contribution >= 0.6 is 0 Å². The van der Waals surface area contributed by atoms with Gasteiger partial charge in [-0.3, -0.25) is 4.79 Å². The van der Waals surface area contributed by atoms with Crippen LogP contribution in [-0.4, -0.2) is 28.2 Å². The summed E-state index contributed by atoms with van der Waals surface area (Å²) in [6, 6.07) is 0.280. The lowest BCUT2D eigenvalue weighted by Crippen LogP contribution is -2.40. The minimum Gasteiger partial charge on any atom is -0.370 e. The predicted molar refractivity (Wildman–Crippen MR) is 44.2 cm³/mol. The lowest BCUT2D eigenvalue weighted by Gasteiger charge is -2.27. The quantitative estimate of drug-likeness (QED) is 0.622. The molecule has 1 atom stereocenters. The zero-order valence-corrected chi connectivity index (χ0v) is 6.94. The van der Waals surface area contributed by atoms with Gasteiger partial charge in [-0.15, -0.1) is 0 Å². The van der Waals surface area contributed by atoms with Gasteiger partial charge >= 0.3 is 0 Å². The van der Waals surface area contributed by atoms with E-state index in [-0.39, 0.29) is 11.9 Å². The molecule has 1 fully saturated rings. The molecule has 1 unspecified atom stereocenters. The number of amides is 1. The van der Waals surface area contributed by atoms with E-state index in [1.54, 1.807) is 11.0 Å². The normalized spacial score (nSPS) is 30.6. The molecule has 0 aromatic heterocycles. The summed E-state index contributed by atoms with van der Waals surface area (Å²) in [4.78, 5) is 12.8. The van der Waals surface area contributed by atoms with Crippen molar-refractivity contribution in [2.45, 2.75) is 38.0 Å². The van der Waals surface area contributed by atoms with Gasteiger partial charge in [0.15, 0.2) is 0 Å². The predicted octanol–water partition coefficient (Wildman–Crippen LogP) is 0.646. The van der Waals surface area contributed by atoms with Crippen molar-refractivity contribution in [3.8, 4) is 0 Å². The maximum atomic E-state index is 11.3. The van der Waals surface area contributed by atoms with Gasteiger partial charge in [0.1, 0.15) is 6.23 Å². The van der Waals surface area contributed by atoms with Gasteiger partial charge in [0.05, 0.1) is 0 Å². The van der Waals surface area contributed by atoms with Crippen LogP contribution in [0.5, 0.6) is 0 Å². The number of hydrogen-bond acceptors (Lipinski definition) is 2. The molecule has 66 valence electrons. The van der Waals surface area contributed by atoms with Gasteiger partial charge in [0, 0.05) is 12.1 Å². The lowest BCUT2D eigenvalue weighted by atomic mass is 10.2. The number of rotatable bonds is 1. The van der Waals surface area contributed by atoms with E-state index in [1.807, 2.05) is 0 Å². The van der Waals surface area contributed by atoms with Gasteiger partial charge < -0.3 is 10.0 Å². The standard InChI is InChI=1S/C9H13NO2/c11-8-5-6-9(12)10(8)7-3-1-2-4-7/h5-8,11H,1-4H2. The average molecular weight is 167 g/mol. The number of nitrogens with zero attached hydrogens (tertiary/aromatic N) is 1. The Morgan fingerprint density at radius 2 is 2.08 bits per heavy atom. The van der Waals surface area contributed by atoms with Gasteiger partial charge in [-0.1, -0.05) is 12.8 Å². The molecule has 0 aromatic carbocycles. The van der Waals surface area contributed by atoms with Crippen molar-refractivity contribution in [2.75, 3.05) is 0 Å². The van der Waals surface area contributed by atoms with Crippen LogP contribution < -0.4 is 0 Å². The minimum atomic E-state index is -0.666. The van der Waals surface area contributed by atoms with Crippen LogP contribution in [0.25, 0.3) is 0 Å². The van der Waals surface area contributed by atoms with Crippen molar-refractivity contribution in [2.24, 2.45) is 0 Å². The summed E-state index contributed by atoms with van der Waals surface area (Å²) in [6.45, 7) is 0. The highest BCUT2D eigenvalue weighted by Crippen LogP contribution is 2.27. The van der Waals surface area contributed by atoms with Crippen LogP contribution in [0.1, 0.15) is 25.7 Å². The van der Waals surface area contributed by atoms with Crippen molar-refractivity contribution >= 4 is 5.91 Å². The average Bonchev–Trinajstić information content (AvgIpc) is 2.61. The Morgan fingerprint density at radius 3 is 2.58 bits per heavy atom. The third-order valence-corrected chi connectivity index (χ3v) is 2.67. The SMILES string of the molecule is O=C1C=CC(O)N1C1CCCC1. The van der Waals surface area contributed by atoms with E-state index >= 15 is 0 Å². The van der Waals surface area contributed by atoms with Crippen LogP contribution in [0.3, 0.4) is 0 Å². The number of hydrogen-bond donors (Lipinski definition) is 1. The van der Waals surface area contributed by atoms with E-state index in [1.165, 1.54) is 18.9 Å². The monoisotopic (exact) mass is 167 g/mol. The molecule has 1 aliphatic heterocycles. The van der Waals surface area contributed by atoms with E-state index in [0.717, 1.165) is 12.8 Å². The molecule has 0 bridgehead atoms. The fourth-order valence-corrected chi connectivity index (χ4v) is 2.06. The second-order valence-corrected chi connectivity index (χ2v) is 3.46. The first-order chi connectivity index (χ1) is 5.79. The number of carbonyl (C=O) groups is 1. The number of carbonyl (C=O) groups excluding carboxylic acids is 1. The molecule has 12 heavy (non-hydrogen) atoms. The third kappa shape index (κ3) is 1.14. The van der Waals surface area contributed by atoms with E-state index in [2.05, 4.69) is 0 Å². The summed E-state index contributed by atoms with van der Waals surface area (Å²) >= 11 is 0. The Morgan fingerprint density at radius 1 is 1.42 bits per heavy atom. The molecule has 1 amide bonds. The van der Waals surface area contributed by atoms with Gasteiger partial charge in [-0.2, -0.15) is 0 Å². The fraction of sp³-hybridized carbons (Fsp3) is 0.667. The van der Waals surface area contributed by atoms with Crippen LogP contribution in [0.4, 0.5) is 0 Å². The molecule has 1 saturated carbocycles. The Bertz CT molecular complexity index is 219. The van der Waals surface area contributed by atoms with E-state index in [4.69, 9.17) is 0 Å². The molecule has 0 spiro atoms. The zero-order chi connectivity index (χ0) is 8.55. The van der Waals surface area contributed by atoms with Crippen molar-refractivity contribution in [1.82, 2.24) is 4.90 Å². The molecule has 0 aromatic rings. The van der Waals surface area contributed by atoms with Crippen molar-refractivity contribution in [3.05, 3.63) is 12.2 Å². The topological polar surface area (TPSA) is 40.5 Å². The van der Waals surface area contributed by atoms with E-state index in [9.17, 15) is 9.90 Å². The lowest BCUT2D eigenvalue weighted by molar-refractivity contribution is -0.133. The molecule has 3 heteroatoms. The van der Waals surface area contributed by atoms with Crippen LogP contribution in [0.2, 0.25) is 0 Å². The summed E-state index contributed by atoms with van der Waals surface area (Å²) in [6.07, 6.45) is 6.81. The first kappa shape index (κ1) is 7.80. The molecule has 1 heterocycles. The highest BCUT2D eigenvalue weighted by atomic mass is 16.3. The Balaban J connectivity index is 2.07. The molecule has 0 saturated heterocycles. The molecule has 1 aliphatic carbocycles. The minimum absolute atomic E-state index is 0.0330. The van der Waals surface area contributed by atoms with E-state index in [0.29, 0.717) is 0 Å². The van der Waals surface area contributed by atoms with Gasteiger partial charge in [0.25, 0.3) is 0 Å². The van der Waals surface area contributed by atoms with Gasteiger partial charge in [-0.05, 0) is 18.9 Å². The first-order valence-electron chi connectivity index (χ1n) is 4.47. The number of aliphatic hydroxyl groups is 1. The molecule has 3 nitrogen and oxygen atoms in total. The Labute approximate surface area is 71.7 Å². The molecule has 2 rings (SSSR count). The third-order valence-electron chi connectivity index (χ3n) is 2.67. The maximum absolute atomic E-state index is 11.3. The molecule has 1 N–H and O–H groups in total. The smallest absolute Gasteiger partial charge is 0.248 e. The molecular weight excluding hydrogens is 154 g/mol. The van der Waals surface area contributed by atoms with Crippen molar-refractivity contribution < 1.29 is 9.90 Å². The molecular formula is C9H13NO2. The summed E-state index contributed by atoms with van der Waals surface area (Å²) in [5.41, 5.74) is 0. The van der Waals surface area contributed by atoms with Crippen molar-refractivity contribution in [3.63, 3.8) is 0 Å². The zero-order valence-electron chi connectivity index (χ0n) is 6.94. The van der Waals surface area contributed by atoms with Gasteiger partial charge in [-0.25, -0.2) is 0 Å². The summed E-state index contributed by atoms with van der Waals surface area (Å²) in [5, 5.41) is 9.44. The van der Waals surface area contributed by atoms with Crippen LogP contribution in [0, 0.1) is 0 Å². The summed E-state index contributed by atoms with van der Waals surface area (Å²) in [5.74, 6) is -0.0330. The van der Waals surface area contributed by atoms with Crippen LogP contribution in [0.15, 0.2) is 12.2 Å². The first-order valence-corrected chi connectivity index (χ1v) is 4.47. The molecule has 0 radical (unpaired) electrons. The Kier molecular flexibility index (Phi) is 1.89.